The normalized spacial score (nSPS) is 16.5. The van der Waals surface area contributed by atoms with Gasteiger partial charge in [-0.05, 0) is 19.8 Å². The van der Waals surface area contributed by atoms with Gasteiger partial charge in [-0.1, -0.05) is 6.92 Å². The summed E-state index contributed by atoms with van der Waals surface area (Å²) in [6.07, 6.45) is 3.62. The number of aromatic nitrogens is 3. The summed E-state index contributed by atoms with van der Waals surface area (Å²) in [4.78, 5) is 21.6. The molecule has 2 aromatic heterocycles. The molecule has 0 saturated carbocycles. The molecular formula is C16H23N5OS. The van der Waals surface area contributed by atoms with Gasteiger partial charge in [0.1, 0.15) is 0 Å². The van der Waals surface area contributed by atoms with Crippen LogP contribution in [0.15, 0.2) is 11.6 Å². The molecule has 0 aliphatic carbocycles. The van der Waals surface area contributed by atoms with Gasteiger partial charge in [-0.15, -0.1) is 11.3 Å². The highest BCUT2D eigenvalue weighted by Crippen LogP contribution is 2.15. The summed E-state index contributed by atoms with van der Waals surface area (Å²) < 4.78 is 0. The molecule has 0 unspecified atom stereocenters. The number of nitrogens with one attached hydrogen (secondary N) is 1. The van der Waals surface area contributed by atoms with Crippen LogP contribution < -0.4 is 0 Å². The van der Waals surface area contributed by atoms with Gasteiger partial charge in [0.2, 0.25) is 0 Å². The van der Waals surface area contributed by atoms with Gasteiger partial charge in [-0.2, -0.15) is 5.10 Å². The summed E-state index contributed by atoms with van der Waals surface area (Å²) in [5, 5.41) is 10.1. The molecule has 2 aromatic rings. The predicted octanol–water partition coefficient (Wildman–Crippen LogP) is 2.09. The molecule has 1 aliphatic rings. The minimum absolute atomic E-state index is 0.0834. The molecule has 0 spiro atoms. The lowest BCUT2D eigenvalue weighted by Crippen LogP contribution is -2.35. The maximum atomic E-state index is 12.6. The van der Waals surface area contributed by atoms with Crippen molar-refractivity contribution in [1.29, 1.82) is 0 Å². The fraction of sp³-hybridized carbons (Fsp3) is 0.562. The molecule has 1 aliphatic heterocycles. The van der Waals surface area contributed by atoms with E-state index in [1.807, 2.05) is 11.8 Å². The van der Waals surface area contributed by atoms with E-state index in [2.05, 4.69) is 32.4 Å². The molecule has 6 nitrogen and oxygen atoms in total. The summed E-state index contributed by atoms with van der Waals surface area (Å²) in [7, 11) is 0. The molecule has 7 heteroatoms. The molecule has 124 valence electrons. The maximum Gasteiger partial charge on any atom is 0.257 e. The van der Waals surface area contributed by atoms with E-state index < -0.39 is 0 Å². The van der Waals surface area contributed by atoms with E-state index >= 15 is 0 Å². The van der Waals surface area contributed by atoms with Gasteiger partial charge in [-0.25, -0.2) is 4.98 Å². The van der Waals surface area contributed by atoms with E-state index in [0.717, 1.165) is 57.0 Å². The number of amides is 1. The van der Waals surface area contributed by atoms with Crippen LogP contribution in [-0.2, 0) is 13.0 Å². The second-order valence-corrected chi connectivity index (χ2v) is 6.86. The van der Waals surface area contributed by atoms with Gasteiger partial charge in [0.25, 0.3) is 5.91 Å². The van der Waals surface area contributed by atoms with E-state index in [4.69, 9.17) is 0 Å². The lowest BCUT2D eigenvalue weighted by atomic mass is 10.2. The van der Waals surface area contributed by atoms with Gasteiger partial charge in [0.15, 0.2) is 0 Å². The second kappa shape index (κ2) is 7.23. The SMILES string of the molecule is CCc1nc(CN2CCCN(C(=O)c3cn[nH]c3C)CC2)cs1. The van der Waals surface area contributed by atoms with Crippen LogP contribution in [0.4, 0.5) is 0 Å². The number of H-pyrrole nitrogens is 1. The van der Waals surface area contributed by atoms with Crippen LogP contribution in [0.5, 0.6) is 0 Å². The Bertz CT molecular complexity index is 665. The second-order valence-electron chi connectivity index (χ2n) is 5.92. The molecule has 0 aromatic carbocycles. The van der Waals surface area contributed by atoms with Crippen LogP contribution >= 0.6 is 11.3 Å². The Balaban J connectivity index is 1.58. The average molecular weight is 333 g/mol. The van der Waals surface area contributed by atoms with Crippen LogP contribution in [0.25, 0.3) is 0 Å². The lowest BCUT2D eigenvalue weighted by Gasteiger charge is -2.21. The van der Waals surface area contributed by atoms with E-state index in [1.54, 1.807) is 17.5 Å². The van der Waals surface area contributed by atoms with E-state index in [9.17, 15) is 4.79 Å². The zero-order chi connectivity index (χ0) is 16.2. The minimum Gasteiger partial charge on any atom is -0.337 e. The number of thiazole rings is 1. The van der Waals surface area contributed by atoms with E-state index in [0.29, 0.717) is 5.56 Å². The van der Waals surface area contributed by atoms with Crippen molar-refractivity contribution in [3.63, 3.8) is 0 Å². The summed E-state index contributed by atoms with van der Waals surface area (Å²) in [5.74, 6) is 0.0834. The Morgan fingerprint density at radius 3 is 2.91 bits per heavy atom. The molecule has 3 rings (SSSR count). The topological polar surface area (TPSA) is 65.1 Å². The molecule has 0 bridgehead atoms. The number of hydrogen-bond donors (Lipinski definition) is 1. The van der Waals surface area contributed by atoms with Crippen LogP contribution in [0.3, 0.4) is 0 Å². The Morgan fingerprint density at radius 2 is 2.22 bits per heavy atom. The number of hydrogen-bond acceptors (Lipinski definition) is 5. The van der Waals surface area contributed by atoms with Gasteiger partial charge in [0.05, 0.1) is 22.5 Å². The zero-order valence-corrected chi connectivity index (χ0v) is 14.5. The van der Waals surface area contributed by atoms with Gasteiger partial charge in [0, 0.05) is 43.8 Å². The van der Waals surface area contributed by atoms with Crippen molar-refractivity contribution in [2.45, 2.75) is 33.2 Å². The first-order valence-corrected chi connectivity index (χ1v) is 9.00. The highest BCUT2D eigenvalue weighted by molar-refractivity contribution is 7.09. The Labute approximate surface area is 140 Å². The standard InChI is InChI=1S/C16H23N5OS/c1-3-15-18-13(11-23-15)10-20-5-4-6-21(8-7-20)16(22)14-9-17-19-12(14)2/h9,11H,3-8,10H2,1-2H3,(H,17,19). The molecule has 3 heterocycles. The third-order valence-corrected chi connectivity index (χ3v) is 5.27. The number of aromatic amines is 1. The van der Waals surface area contributed by atoms with Crippen molar-refractivity contribution < 1.29 is 4.79 Å². The third-order valence-electron chi connectivity index (χ3n) is 4.22. The molecule has 23 heavy (non-hydrogen) atoms. The fourth-order valence-electron chi connectivity index (χ4n) is 2.88. The van der Waals surface area contributed by atoms with Crippen LogP contribution in [0.1, 0.15) is 40.1 Å². The first kappa shape index (κ1) is 16.1. The highest BCUT2D eigenvalue weighted by Gasteiger charge is 2.22. The number of rotatable bonds is 4. The smallest absolute Gasteiger partial charge is 0.257 e. The first-order valence-electron chi connectivity index (χ1n) is 8.12. The largest absolute Gasteiger partial charge is 0.337 e. The lowest BCUT2D eigenvalue weighted by molar-refractivity contribution is 0.0760. The molecule has 1 saturated heterocycles. The monoisotopic (exact) mass is 333 g/mol. The zero-order valence-electron chi connectivity index (χ0n) is 13.7. The van der Waals surface area contributed by atoms with Gasteiger partial charge >= 0.3 is 0 Å². The quantitative estimate of drug-likeness (QED) is 0.930. The third kappa shape index (κ3) is 3.79. The summed E-state index contributed by atoms with van der Waals surface area (Å²) in [6, 6.07) is 0. The number of carbonyl (C=O) groups is 1. The Kier molecular flexibility index (Phi) is 5.07. The van der Waals surface area contributed by atoms with Crippen molar-refractivity contribution >= 4 is 17.2 Å². The van der Waals surface area contributed by atoms with E-state index in [1.165, 1.54) is 5.01 Å². The first-order chi connectivity index (χ1) is 11.2. The Morgan fingerprint density at radius 1 is 1.35 bits per heavy atom. The summed E-state index contributed by atoms with van der Waals surface area (Å²) >= 11 is 1.74. The highest BCUT2D eigenvalue weighted by atomic mass is 32.1. The average Bonchev–Trinajstić information content (AvgIpc) is 3.11. The van der Waals surface area contributed by atoms with Crippen molar-refractivity contribution in [3.05, 3.63) is 33.5 Å². The molecule has 1 amide bonds. The molecule has 0 atom stereocenters. The van der Waals surface area contributed by atoms with Crippen LogP contribution in [0.2, 0.25) is 0 Å². The fourth-order valence-corrected chi connectivity index (χ4v) is 3.62. The van der Waals surface area contributed by atoms with Crippen molar-refractivity contribution in [3.8, 4) is 0 Å². The molecule has 1 fully saturated rings. The molecular weight excluding hydrogens is 310 g/mol. The molecule has 1 N–H and O–H groups in total. The van der Waals surface area contributed by atoms with Crippen molar-refractivity contribution in [2.75, 3.05) is 26.2 Å². The van der Waals surface area contributed by atoms with Gasteiger partial charge in [-0.3, -0.25) is 14.8 Å². The van der Waals surface area contributed by atoms with E-state index in [-0.39, 0.29) is 5.91 Å². The Hall–Kier alpha value is -1.73. The van der Waals surface area contributed by atoms with Gasteiger partial charge < -0.3 is 4.90 Å². The van der Waals surface area contributed by atoms with Crippen molar-refractivity contribution in [2.24, 2.45) is 0 Å². The number of aryl methyl sites for hydroxylation is 2. The van der Waals surface area contributed by atoms with Crippen molar-refractivity contribution in [1.82, 2.24) is 25.0 Å². The number of carbonyl (C=O) groups excluding carboxylic acids is 1. The summed E-state index contributed by atoms with van der Waals surface area (Å²) in [6.45, 7) is 8.36. The number of nitrogens with zero attached hydrogens (tertiary/aromatic N) is 4. The van der Waals surface area contributed by atoms with Crippen LogP contribution in [0, 0.1) is 6.92 Å². The molecule has 0 radical (unpaired) electrons. The van der Waals surface area contributed by atoms with Crippen LogP contribution in [-0.4, -0.2) is 57.1 Å². The summed E-state index contributed by atoms with van der Waals surface area (Å²) in [5.41, 5.74) is 2.67. The predicted molar refractivity (Wildman–Crippen MR) is 90.6 cm³/mol. The minimum atomic E-state index is 0.0834. The maximum absolute atomic E-state index is 12.6.